The van der Waals surface area contributed by atoms with Crippen LogP contribution in [0.1, 0.15) is 0 Å². The van der Waals surface area contributed by atoms with Crippen molar-refractivity contribution < 1.29 is 19.4 Å². The Kier molecular flexibility index (Phi) is 2.60. The highest BCUT2D eigenvalue weighted by Gasteiger charge is 2.14. The Morgan fingerprint density at radius 3 is 2.55 bits per heavy atom. The van der Waals surface area contributed by atoms with Gasteiger partial charge < -0.3 is 14.9 Å². The highest BCUT2D eigenvalue weighted by Crippen LogP contribution is 2.33. The Labute approximate surface area is 126 Å². The van der Waals surface area contributed by atoms with Gasteiger partial charge >= 0.3 is 0 Å². The third kappa shape index (κ3) is 1.74. The van der Waals surface area contributed by atoms with Gasteiger partial charge in [0.15, 0.2) is 23.9 Å². The first-order chi connectivity index (χ1) is 10.7. The summed E-state index contributed by atoms with van der Waals surface area (Å²) in [5.74, 6) is 0.585. The van der Waals surface area contributed by atoms with Gasteiger partial charge in [-0.25, -0.2) is 0 Å². The van der Waals surface area contributed by atoms with Gasteiger partial charge in [0.05, 0.1) is 17.9 Å². The topological polar surface area (TPSA) is 53.8 Å². The number of fused-ring (bicyclic) bond motifs is 4. The van der Waals surface area contributed by atoms with E-state index in [0.717, 1.165) is 27.4 Å². The molecule has 0 unspecified atom stereocenters. The van der Waals surface area contributed by atoms with E-state index in [1.807, 2.05) is 47.1 Å². The van der Waals surface area contributed by atoms with Crippen LogP contribution in [0.3, 0.4) is 0 Å². The molecule has 0 bridgehead atoms. The summed E-state index contributed by atoms with van der Waals surface area (Å²) in [6.45, 7) is 0. The molecule has 0 amide bonds. The molecule has 4 nitrogen and oxygen atoms in total. The zero-order chi connectivity index (χ0) is 15.3. The van der Waals surface area contributed by atoms with E-state index in [0.29, 0.717) is 5.39 Å². The van der Waals surface area contributed by atoms with E-state index in [4.69, 9.17) is 4.74 Å². The number of nitrogens with zero attached hydrogens (tertiary/aromatic N) is 1. The van der Waals surface area contributed by atoms with E-state index in [9.17, 15) is 10.2 Å². The standard InChI is InChI=1S/C18H13NO3/c1-22-13-4-2-11-6-7-19-10-15-12(3-5-17(20)18(15)21)8-16(19)14(11)9-13/h2-10,20H,1H3/p+1. The van der Waals surface area contributed by atoms with E-state index in [2.05, 4.69) is 0 Å². The van der Waals surface area contributed by atoms with Gasteiger partial charge in [-0.05, 0) is 35.0 Å². The highest BCUT2D eigenvalue weighted by molar-refractivity contribution is 5.99. The van der Waals surface area contributed by atoms with Crippen LogP contribution in [0.5, 0.6) is 17.2 Å². The van der Waals surface area contributed by atoms with Crippen LogP contribution in [-0.2, 0) is 0 Å². The summed E-state index contributed by atoms with van der Waals surface area (Å²) >= 11 is 0. The minimum atomic E-state index is -0.116. The van der Waals surface area contributed by atoms with Crippen LogP contribution in [0.25, 0.3) is 27.1 Å². The number of hydrogen-bond donors (Lipinski definition) is 2. The molecule has 0 aliphatic rings. The number of aromatic hydroxyl groups is 2. The van der Waals surface area contributed by atoms with Crippen molar-refractivity contribution in [2.24, 2.45) is 0 Å². The van der Waals surface area contributed by atoms with Crippen molar-refractivity contribution in [1.29, 1.82) is 0 Å². The first-order valence-electron chi connectivity index (χ1n) is 6.94. The monoisotopic (exact) mass is 292 g/mol. The maximum absolute atomic E-state index is 10.0. The van der Waals surface area contributed by atoms with Crippen LogP contribution in [-0.4, -0.2) is 17.3 Å². The molecule has 2 N–H and O–H groups in total. The fourth-order valence-electron chi connectivity index (χ4n) is 2.83. The number of methoxy groups -OCH3 is 1. The Morgan fingerprint density at radius 2 is 1.73 bits per heavy atom. The summed E-state index contributed by atoms with van der Waals surface area (Å²) in [6, 6.07) is 13.3. The van der Waals surface area contributed by atoms with Crippen molar-refractivity contribution in [3.05, 3.63) is 54.9 Å². The zero-order valence-electron chi connectivity index (χ0n) is 11.9. The molecule has 0 saturated carbocycles. The molecule has 2 heterocycles. The van der Waals surface area contributed by atoms with Crippen LogP contribution in [0.15, 0.2) is 54.9 Å². The van der Waals surface area contributed by atoms with Gasteiger partial charge in [-0.3, -0.25) is 0 Å². The molecule has 2 aromatic carbocycles. The van der Waals surface area contributed by atoms with Crippen LogP contribution in [0, 0.1) is 0 Å². The van der Waals surface area contributed by atoms with Gasteiger partial charge in [0.2, 0.25) is 5.52 Å². The number of rotatable bonds is 1. The van der Waals surface area contributed by atoms with E-state index in [1.54, 1.807) is 13.2 Å². The van der Waals surface area contributed by atoms with Gasteiger partial charge in [-0.1, -0.05) is 6.07 Å². The third-order valence-corrected chi connectivity index (χ3v) is 4.02. The summed E-state index contributed by atoms with van der Waals surface area (Å²) in [5.41, 5.74) is 1.01. The summed E-state index contributed by atoms with van der Waals surface area (Å²) in [7, 11) is 1.65. The van der Waals surface area contributed by atoms with Gasteiger partial charge in [-0.15, -0.1) is 0 Å². The van der Waals surface area contributed by atoms with Crippen molar-refractivity contribution in [3.63, 3.8) is 0 Å². The minimum Gasteiger partial charge on any atom is -0.504 e. The Balaban J connectivity index is 2.17. The number of pyridine rings is 2. The molecule has 0 aliphatic carbocycles. The number of benzene rings is 2. The predicted molar refractivity (Wildman–Crippen MR) is 84.5 cm³/mol. The second-order valence-electron chi connectivity index (χ2n) is 5.27. The molecular formula is C18H14NO3+. The lowest BCUT2D eigenvalue weighted by atomic mass is 10.1. The molecule has 0 saturated heterocycles. The number of phenols is 2. The lowest BCUT2D eigenvalue weighted by Gasteiger charge is -2.05. The van der Waals surface area contributed by atoms with Crippen molar-refractivity contribution in [2.75, 3.05) is 7.11 Å². The summed E-state index contributed by atoms with van der Waals surface area (Å²) in [6.07, 6.45) is 3.76. The fourth-order valence-corrected chi connectivity index (χ4v) is 2.83. The average Bonchev–Trinajstić information content (AvgIpc) is 2.56. The summed E-state index contributed by atoms with van der Waals surface area (Å²) < 4.78 is 7.25. The van der Waals surface area contributed by atoms with Crippen molar-refractivity contribution >= 4 is 27.1 Å². The van der Waals surface area contributed by atoms with Crippen molar-refractivity contribution in [2.45, 2.75) is 0 Å². The molecule has 4 heteroatoms. The van der Waals surface area contributed by atoms with Crippen LogP contribution < -0.4 is 9.14 Å². The average molecular weight is 292 g/mol. The second kappa shape index (κ2) is 4.49. The lowest BCUT2D eigenvalue weighted by molar-refractivity contribution is -0.509. The van der Waals surface area contributed by atoms with E-state index in [-0.39, 0.29) is 11.5 Å². The van der Waals surface area contributed by atoms with Gasteiger partial charge in [0.1, 0.15) is 5.75 Å². The van der Waals surface area contributed by atoms with Crippen molar-refractivity contribution in [1.82, 2.24) is 0 Å². The highest BCUT2D eigenvalue weighted by atomic mass is 16.5. The first kappa shape index (κ1) is 12.7. The van der Waals surface area contributed by atoms with Crippen LogP contribution >= 0.6 is 0 Å². The van der Waals surface area contributed by atoms with Crippen LogP contribution in [0.2, 0.25) is 0 Å². The summed E-state index contributed by atoms with van der Waals surface area (Å²) in [5, 5.41) is 23.3. The summed E-state index contributed by atoms with van der Waals surface area (Å²) in [4.78, 5) is 0. The zero-order valence-corrected chi connectivity index (χ0v) is 11.9. The Bertz CT molecular complexity index is 1040. The molecule has 0 atom stereocenters. The second-order valence-corrected chi connectivity index (χ2v) is 5.27. The van der Waals surface area contributed by atoms with Crippen molar-refractivity contribution in [3.8, 4) is 17.2 Å². The fraction of sp³-hybridized carbons (Fsp3) is 0.0556. The van der Waals surface area contributed by atoms with Gasteiger partial charge in [0.25, 0.3) is 0 Å². The number of aromatic nitrogens is 1. The largest absolute Gasteiger partial charge is 0.504 e. The molecule has 0 aliphatic heterocycles. The number of ether oxygens (including phenoxy) is 1. The van der Waals surface area contributed by atoms with E-state index < -0.39 is 0 Å². The maximum Gasteiger partial charge on any atom is 0.219 e. The lowest BCUT2D eigenvalue weighted by Crippen LogP contribution is -2.20. The minimum absolute atomic E-state index is 0.0994. The maximum atomic E-state index is 10.0. The van der Waals surface area contributed by atoms with Gasteiger partial charge in [-0.2, -0.15) is 4.40 Å². The number of hydrogen-bond acceptors (Lipinski definition) is 3. The molecule has 0 spiro atoms. The molecule has 4 aromatic rings. The first-order valence-corrected chi connectivity index (χ1v) is 6.94. The Morgan fingerprint density at radius 1 is 0.909 bits per heavy atom. The third-order valence-electron chi connectivity index (χ3n) is 4.02. The quantitative estimate of drug-likeness (QED) is 0.245. The molecular weight excluding hydrogens is 278 g/mol. The smallest absolute Gasteiger partial charge is 0.219 e. The van der Waals surface area contributed by atoms with Crippen LogP contribution in [0.4, 0.5) is 0 Å². The predicted octanol–water partition coefficient (Wildman–Crippen LogP) is 3.15. The molecule has 2 aromatic heterocycles. The van der Waals surface area contributed by atoms with E-state index in [1.165, 1.54) is 6.07 Å². The van der Waals surface area contributed by atoms with Gasteiger partial charge in [0, 0.05) is 12.1 Å². The number of phenolic OH excluding ortho intramolecular Hbond substituents is 2. The normalized spacial score (nSPS) is 11.3. The Hall–Kier alpha value is -3.01. The molecule has 0 radical (unpaired) electrons. The van der Waals surface area contributed by atoms with E-state index >= 15 is 0 Å². The molecule has 108 valence electrons. The molecule has 22 heavy (non-hydrogen) atoms. The SMILES string of the molecule is COc1ccc2cc[n+]3cc4c(O)c(O)ccc4cc3c2c1. The molecule has 4 rings (SSSR count). The molecule has 0 fully saturated rings.